The summed E-state index contributed by atoms with van der Waals surface area (Å²) < 4.78 is 1.37. The highest BCUT2D eigenvalue weighted by Gasteiger charge is 2.14. The Bertz CT molecular complexity index is 1400. The lowest BCUT2D eigenvalue weighted by Crippen LogP contribution is -2.28. The maximum atomic E-state index is 12.7. The van der Waals surface area contributed by atoms with E-state index < -0.39 is 0 Å². The van der Waals surface area contributed by atoms with Crippen LogP contribution >= 0.6 is 0 Å². The summed E-state index contributed by atoms with van der Waals surface area (Å²) in [6.45, 7) is 7.65. The first-order valence-electron chi connectivity index (χ1n) is 12.5. The van der Waals surface area contributed by atoms with Crippen LogP contribution in [0.1, 0.15) is 56.4 Å². The van der Waals surface area contributed by atoms with Crippen molar-refractivity contribution in [3.8, 4) is 0 Å². The van der Waals surface area contributed by atoms with Crippen molar-refractivity contribution in [1.29, 1.82) is 0 Å². The fraction of sp³-hybridized carbons (Fsp3) is 0.200. The van der Waals surface area contributed by atoms with E-state index in [-0.39, 0.29) is 17.7 Å². The van der Waals surface area contributed by atoms with Gasteiger partial charge < -0.3 is 16.0 Å². The van der Waals surface area contributed by atoms with Crippen molar-refractivity contribution in [3.63, 3.8) is 0 Å². The molecule has 0 fully saturated rings. The Kier molecular flexibility index (Phi) is 8.66. The van der Waals surface area contributed by atoms with Crippen molar-refractivity contribution in [1.82, 2.24) is 25.5 Å². The Morgan fingerprint density at radius 1 is 0.842 bits per heavy atom. The maximum Gasteiger partial charge on any atom is 0.263 e. The van der Waals surface area contributed by atoms with Crippen LogP contribution in [0.2, 0.25) is 0 Å². The number of carbonyl (C=O) groups is 3. The first-order chi connectivity index (χ1) is 18.4. The summed E-state index contributed by atoms with van der Waals surface area (Å²) in [6, 6.07) is 14.0. The summed E-state index contributed by atoms with van der Waals surface area (Å²) in [5.74, 6) is -0.622. The summed E-state index contributed by atoms with van der Waals surface area (Å²) in [7, 11) is 0. The molecule has 4 rings (SSSR count). The number of aromatic nitrogens is 2. The number of nitrogens with one attached hydrogen (secondary N) is 3. The zero-order valence-electron chi connectivity index (χ0n) is 21.4. The van der Waals surface area contributed by atoms with Gasteiger partial charge in [-0.3, -0.25) is 19.0 Å². The lowest BCUT2D eigenvalue weighted by molar-refractivity contribution is 0.0945. The van der Waals surface area contributed by atoms with Crippen molar-refractivity contribution in [2.24, 2.45) is 0 Å². The normalized spacial score (nSPS) is 12.7. The number of rotatable bonds is 10. The minimum atomic E-state index is -0.247. The van der Waals surface area contributed by atoms with E-state index in [1.165, 1.54) is 17.1 Å². The molecule has 2 aromatic carbocycles. The fourth-order valence-electron chi connectivity index (χ4n) is 4.10. The minimum Gasteiger partial charge on any atom is -0.385 e. The summed E-state index contributed by atoms with van der Waals surface area (Å²) >= 11 is 0. The predicted molar refractivity (Wildman–Crippen MR) is 148 cm³/mol. The molecule has 0 spiro atoms. The molecule has 0 atom stereocenters. The molecule has 2 amide bonds. The average molecular weight is 510 g/mol. The number of allylic oxidation sites excluding steroid dienone is 2. The van der Waals surface area contributed by atoms with Gasteiger partial charge in [0.15, 0.2) is 0 Å². The largest absolute Gasteiger partial charge is 0.385 e. The predicted octanol–water partition coefficient (Wildman–Crippen LogP) is 3.96. The number of amides is 2. The van der Waals surface area contributed by atoms with Gasteiger partial charge in [-0.05, 0) is 55.7 Å². The molecule has 1 aliphatic carbocycles. The number of benzene rings is 2. The highest BCUT2D eigenvalue weighted by Crippen LogP contribution is 2.18. The molecular formula is C30H31N5O3. The number of imidazole rings is 1. The van der Waals surface area contributed by atoms with Crippen LogP contribution in [0.25, 0.3) is 5.70 Å². The third-order valence-corrected chi connectivity index (χ3v) is 6.25. The van der Waals surface area contributed by atoms with Crippen LogP contribution in [0, 0.1) is 0 Å². The van der Waals surface area contributed by atoms with Gasteiger partial charge in [-0.25, -0.2) is 4.98 Å². The van der Waals surface area contributed by atoms with Crippen molar-refractivity contribution in [3.05, 3.63) is 119 Å². The molecule has 8 heteroatoms. The third kappa shape index (κ3) is 6.73. The molecule has 3 aromatic rings. The molecule has 0 radical (unpaired) electrons. The van der Waals surface area contributed by atoms with Gasteiger partial charge in [0, 0.05) is 54.4 Å². The monoisotopic (exact) mass is 509 g/mol. The van der Waals surface area contributed by atoms with Crippen LogP contribution in [0.4, 0.5) is 0 Å². The lowest BCUT2D eigenvalue weighted by Gasteiger charge is -2.16. The highest BCUT2D eigenvalue weighted by atomic mass is 16.2. The van der Waals surface area contributed by atoms with E-state index in [1.54, 1.807) is 36.5 Å². The van der Waals surface area contributed by atoms with Crippen molar-refractivity contribution in [2.45, 2.75) is 19.8 Å². The van der Waals surface area contributed by atoms with Crippen LogP contribution in [-0.4, -0.2) is 46.9 Å². The number of hydrogen-bond acceptors (Lipinski definition) is 5. The molecule has 8 nitrogen and oxygen atoms in total. The quantitative estimate of drug-likeness (QED) is 0.384. The molecule has 0 saturated heterocycles. The summed E-state index contributed by atoms with van der Waals surface area (Å²) in [5.41, 5.74) is 5.31. The zero-order valence-corrected chi connectivity index (χ0v) is 21.4. The van der Waals surface area contributed by atoms with Gasteiger partial charge in [0.05, 0.1) is 0 Å². The fourth-order valence-corrected chi connectivity index (χ4v) is 4.10. The van der Waals surface area contributed by atoms with Gasteiger partial charge in [-0.2, -0.15) is 0 Å². The van der Waals surface area contributed by atoms with Gasteiger partial charge in [-0.1, -0.05) is 48.1 Å². The van der Waals surface area contributed by atoms with Crippen molar-refractivity contribution in [2.75, 3.05) is 19.6 Å². The summed E-state index contributed by atoms with van der Waals surface area (Å²) in [5, 5.41) is 9.09. The molecule has 0 unspecified atom stereocenters. The standard InChI is InChI=1S/C30H31N5O3/c1-3-32-21(2)24-6-4-7-25(16-24)28(36)33-18-22-10-12-23(13-11-22)19-34-29(37)26-8-5-9-27(17-26)30(38)35-15-14-31-20-35/h4-10,12,14-17,20,32H,2-3,11,13,18-19H2,1H3,(H,33,36)(H,34,37). The van der Waals surface area contributed by atoms with E-state index in [0.717, 1.165) is 41.8 Å². The first kappa shape index (κ1) is 26.3. The molecule has 1 aromatic heterocycles. The molecule has 38 heavy (non-hydrogen) atoms. The second-order valence-corrected chi connectivity index (χ2v) is 8.96. The molecule has 1 heterocycles. The molecule has 0 bridgehead atoms. The average Bonchev–Trinajstić information content (AvgIpc) is 3.50. The number of hydrogen-bond donors (Lipinski definition) is 3. The minimum absolute atomic E-state index is 0.132. The van der Waals surface area contributed by atoms with Gasteiger partial charge in [-0.15, -0.1) is 0 Å². The van der Waals surface area contributed by atoms with Crippen LogP contribution in [-0.2, 0) is 0 Å². The Labute approximate surface area is 222 Å². The molecule has 0 aliphatic heterocycles. The van der Waals surface area contributed by atoms with E-state index in [0.29, 0.717) is 29.8 Å². The van der Waals surface area contributed by atoms with E-state index in [2.05, 4.69) is 27.5 Å². The molecule has 1 aliphatic rings. The number of nitrogens with zero attached hydrogens (tertiary/aromatic N) is 2. The summed E-state index contributed by atoms with van der Waals surface area (Å²) in [4.78, 5) is 41.7. The van der Waals surface area contributed by atoms with Gasteiger partial charge in [0.25, 0.3) is 17.7 Å². The smallest absolute Gasteiger partial charge is 0.263 e. The molecule has 0 saturated carbocycles. The van der Waals surface area contributed by atoms with Crippen LogP contribution < -0.4 is 16.0 Å². The van der Waals surface area contributed by atoms with E-state index in [1.807, 2.05) is 37.3 Å². The van der Waals surface area contributed by atoms with Crippen molar-refractivity contribution < 1.29 is 14.4 Å². The summed E-state index contributed by atoms with van der Waals surface area (Å²) in [6.07, 6.45) is 10.1. The third-order valence-electron chi connectivity index (χ3n) is 6.25. The van der Waals surface area contributed by atoms with Gasteiger partial charge in [0.2, 0.25) is 0 Å². The molecule has 3 N–H and O–H groups in total. The Morgan fingerprint density at radius 3 is 1.92 bits per heavy atom. The van der Waals surface area contributed by atoms with Crippen molar-refractivity contribution >= 4 is 23.4 Å². The first-order valence-corrected chi connectivity index (χ1v) is 12.5. The van der Waals surface area contributed by atoms with Gasteiger partial charge in [0.1, 0.15) is 6.33 Å². The Hall–Kier alpha value is -4.72. The lowest BCUT2D eigenvalue weighted by atomic mass is 9.98. The molecule has 194 valence electrons. The van der Waals surface area contributed by atoms with Crippen LogP contribution in [0.3, 0.4) is 0 Å². The second kappa shape index (κ2) is 12.5. The van der Waals surface area contributed by atoms with E-state index >= 15 is 0 Å². The van der Waals surface area contributed by atoms with E-state index in [9.17, 15) is 14.4 Å². The SMILES string of the molecule is C=C(NCC)c1cccc(C(=O)NCC2=CC=C(CNC(=O)c3cccc(C(=O)n4ccnc4)c3)CC2)c1. The van der Waals surface area contributed by atoms with Crippen LogP contribution in [0.5, 0.6) is 0 Å². The highest BCUT2D eigenvalue weighted by molar-refractivity contribution is 6.00. The Morgan fingerprint density at radius 2 is 1.39 bits per heavy atom. The number of carbonyl (C=O) groups excluding carboxylic acids is 3. The second-order valence-electron chi connectivity index (χ2n) is 8.96. The Balaban J connectivity index is 1.28. The molecular weight excluding hydrogens is 478 g/mol. The zero-order chi connectivity index (χ0) is 26.9. The van der Waals surface area contributed by atoms with E-state index in [4.69, 9.17) is 0 Å². The maximum absolute atomic E-state index is 12.7. The van der Waals surface area contributed by atoms with Crippen LogP contribution in [0.15, 0.2) is 97.1 Å². The van der Waals surface area contributed by atoms with Gasteiger partial charge >= 0.3 is 0 Å². The topological polar surface area (TPSA) is 105 Å².